The van der Waals surface area contributed by atoms with Gasteiger partial charge in [-0.25, -0.2) is 4.98 Å². The summed E-state index contributed by atoms with van der Waals surface area (Å²) in [5.41, 5.74) is 0.978. The van der Waals surface area contributed by atoms with Crippen LogP contribution in [0.2, 0.25) is 5.02 Å². The zero-order valence-electron chi connectivity index (χ0n) is 11.9. The monoisotopic (exact) mass is 395 g/mol. The molecule has 1 amide bonds. The van der Waals surface area contributed by atoms with Crippen molar-refractivity contribution in [3.8, 4) is 0 Å². The summed E-state index contributed by atoms with van der Waals surface area (Å²) in [5.74, 6) is -0.271. The van der Waals surface area contributed by atoms with Gasteiger partial charge >= 0.3 is 0 Å². The highest BCUT2D eigenvalue weighted by Gasteiger charge is 2.16. The lowest BCUT2D eigenvalue weighted by atomic mass is 10.2. The summed E-state index contributed by atoms with van der Waals surface area (Å²) in [6.07, 6.45) is 0. The van der Waals surface area contributed by atoms with E-state index in [1.54, 1.807) is 10.6 Å². The first kappa shape index (κ1) is 15.7. The molecule has 0 atom stereocenters. The lowest BCUT2D eigenvalue weighted by molar-refractivity contribution is -0.114. The Labute approximate surface area is 143 Å². The number of rotatable bonds is 3. The number of hydrogen-bond donors (Lipinski definition) is 2. The highest BCUT2D eigenvalue weighted by molar-refractivity contribution is 9.10. The van der Waals surface area contributed by atoms with Gasteiger partial charge in [-0.3, -0.25) is 19.9 Å². The van der Waals surface area contributed by atoms with E-state index in [4.69, 9.17) is 11.6 Å². The topological polar surface area (TPSA) is 92.7 Å². The molecule has 3 aromatic rings. The summed E-state index contributed by atoms with van der Waals surface area (Å²) in [5, 5.41) is 3.03. The second kappa shape index (κ2) is 6.13. The third kappa shape index (κ3) is 3.13. The smallest absolute Gasteiger partial charge is 0.278 e. The van der Waals surface area contributed by atoms with E-state index in [1.165, 1.54) is 6.92 Å². The van der Waals surface area contributed by atoms with Crippen LogP contribution in [0.1, 0.15) is 12.5 Å². The highest BCUT2D eigenvalue weighted by Crippen LogP contribution is 2.22. The number of aromatic nitrogens is 4. The first-order valence-corrected chi connectivity index (χ1v) is 7.80. The fourth-order valence-electron chi connectivity index (χ4n) is 2.18. The molecule has 2 heterocycles. The highest BCUT2D eigenvalue weighted by atomic mass is 79.9. The summed E-state index contributed by atoms with van der Waals surface area (Å²) in [6, 6.07) is 7.35. The summed E-state index contributed by atoms with van der Waals surface area (Å²) in [6.45, 7) is 1.69. The van der Waals surface area contributed by atoms with Crippen LogP contribution in [0.25, 0.3) is 11.2 Å². The number of hydrogen-bond acceptors (Lipinski definition) is 4. The molecule has 2 N–H and O–H groups in total. The number of amides is 1. The standard InChI is InChI=1S/C14H11BrClN5O2/c1-7(22)17-14-19-11-10(12(23)20-14)21(13(15)18-11)6-8-4-2-3-5-9(8)16/h2-5H,6H2,1H3,(H2,17,19,20,22,23). The van der Waals surface area contributed by atoms with Crippen molar-refractivity contribution in [1.82, 2.24) is 19.5 Å². The van der Waals surface area contributed by atoms with Gasteiger partial charge in [-0.05, 0) is 27.6 Å². The molecule has 7 nitrogen and oxygen atoms in total. The van der Waals surface area contributed by atoms with Crippen LogP contribution in [0.3, 0.4) is 0 Å². The fourth-order valence-corrected chi connectivity index (χ4v) is 2.85. The molecule has 9 heteroatoms. The van der Waals surface area contributed by atoms with Crippen LogP contribution in [-0.4, -0.2) is 25.4 Å². The van der Waals surface area contributed by atoms with E-state index in [0.717, 1.165) is 5.56 Å². The number of anilines is 1. The SMILES string of the molecule is CC(=O)Nc1nc2nc(Br)n(Cc3ccccc3Cl)c2c(=O)[nH]1. The van der Waals surface area contributed by atoms with Crippen LogP contribution >= 0.6 is 27.5 Å². The second-order valence-corrected chi connectivity index (χ2v) is 5.94. The number of carbonyl (C=O) groups is 1. The number of nitrogens with zero attached hydrogens (tertiary/aromatic N) is 3. The maximum atomic E-state index is 12.3. The van der Waals surface area contributed by atoms with E-state index in [2.05, 4.69) is 36.2 Å². The molecule has 0 saturated carbocycles. The van der Waals surface area contributed by atoms with Gasteiger partial charge in [0, 0.05) is 11.9 Å². The van der Waals surface area contributed by atoms with Gasteiger partial charge in [0.1, 0.15) is 0 Å². The van der Waals surface area contributed by atoms with E-state index in [-0.39, 0.29) is 17.5 Å². The van der Waals surface area contributed by atoms with Crippen LogP contribution in [0, 0.1) is 0 Å². The van der Waals surface area contributed by atoms with E-state index in [0.29, 0.717) is 21.8 Å². The van der Waals surface area contributed by atoms with Gasteiger partial charge in [0.15, 0.2) is 15.9 Å². The molecule has 3 rings (SSSR count). The van der Waals surface area contributed by atoms with Gasteiger partial charge < -0.3 is 4.57 Å². The van der Waals surface area contributed by atoms with Crippen LogP contribution in [0.4, 0.5) is 5.95 Å². The zero-order valence-corrected chi connectivity index (χ0v) is 14.3. The molecule has 0 saturated heterocycles. The molecule has 0 aliphatic rings. The Hall–Kier alpha value is -2.19. The third-order valence-corrected chi connectivity index (χ3v) is 4.12. The first-order chi connectivity index (χ1) is 11.0. The van der Waals surface area contributed by atoms with Crippen molar-refractivity contribution in [3.05, 3.63) is 49.9 Å². The van der Waals surface area contributed by atoms with Gasteiger partial charge in [-0.1, -0.05) is 29.8 Å². The Morgan fingerprint density at radius 1 is 1.39 bits per heavy atom. The van der Waals surface area contributed by atoms with E-state index < -0.39 is 5.56 Å². The van der Waals surface area contributed by atoms with Crippen molar-refractivity contribution in [1.29, 1.82) is 0 Å². The van der Waals surface area contributed by atoms with Gasteiger partial charge in [-0.2, -0.15) is 4.98 Å². The van der Waals surface area contributed by atoms with Crippen molar-refractivity contribution in [2.45, 2.75) is 13.5 Å². The molecule has 0 fully saturated rings. The van der Waals surface area contributed by atoms with Gasteiger partial charge in [-0.15, -0.1) is 0 Å². The quantitative estimate of drug-likeness (QED) is 0.665. The number of H-pyrrole nitrogens is 1. The minimum atomic E-state index is -0.399. The van der Waals surface area contributed by atoms with Gasteiger partial charge in [0.25, 0.3) is 5.56 Å². The maximum Gasteiger partial charge on any atom is 0.278 e. The fraction of sp³-hybridized carbons (Fsp3) is 0.143. The number of halogens is 2. The molecular formula is C14H11BrClN5O2. The predicted octanol–water partition coefficient (Wildman–Crippen LogP) is 2.54. The van der Waals surface area contributed by atoms with Gasteiger partial charge in [0.2, 0.25) is 11.9 Å². The number of fused-ring (bicyclic) bond motifs is 1. The molecule has 1 aromatic carbocycles. The number of nitrogens with one attached hydrogen (secondary N) is 2. The Morgan fingerprint density at radius 3 is 2.83 bits per heavy atom. The van der Waals surface area contributed by atoms with E-state index in [1.807, 2.05) is 18.2 Å². The largest absolute Gasteiger partial charge is 0.308 e. The average Bonchev–Trinajstić information content (AvgIpc) is 2.77. The first-order valence-electron chi connectivity index (χ1n) is 6.62. The minimum absolute atomic E-state index is 0.0601. The number of imidazole rings is 1. The summed E-state index contributed by atoms with van der Waals surface area (Å²) in [4.78, 5) is 34.3. The minimum Gasteiger partial charge on any atom is -0.308 e. The predicted molar refractivity (Wildman–Crippen MR) is 90.7 cm³/mol. The number of carbonyl (C=O) groups excluding carboxylic acids is 1. The molecule has 0 unspecified atom stereocenters. The third-order valence-electron chi connectivity index (χ3n) is 3.15. The van der Waals surface area contributed by atoms with Crippen molar-refractivity contribution < 1.29 is 4.79 Å². The second-order valence-electron chi connectivity index (χ2n) is 4.83. The number of benzene rings is 1. The average molecular weight is 397 g/mol. The number of aromatic amines is 1. The molecule has 23 heavy (non-hydrogen) atoms. The zero-order chi connectivity index (χ0) is 16.6. The lowest BCUT2D eigenvalue weighted by Crippen LogP contribution is -2.18. The van der Waals surface area contributed by atoms with Gasteiger partial charge in [0.05, 0.1) is 6.54 Å². The Morgan fingerprint density at radius 2 is 2.13 bits per heavy atom. The van der Waals surface area contributed by atoms with Crippen molar-refractivity contribution in [3.63, 3.8) is 0 Å². The molecule has 2 aromatic heterocycles. The van der Waals surface area contributed by atoms with Crippen LogP contribution < -0.4 is 10.9 Å². The molecular weight excluding hydrogens is 386 g/mol. The van der Waals surface area contributed by atoms with E-state index >= 15 is 0 Å². The maximum absolute atomic E-state index is 12.3. The molecule has 0 aliphatic carbocycles. The van der Waals surface area contributed by atoms with Crippen molar-refractivity contribution in [2.24, 2.45) is 0 Å². The molecule has 118 valence electrons. The van der Waals surface area contributed by atoms with Crippen LogP contribution in [-0.2, 0) is 11.3 Å². The molecule has 0 radical (unpaired) electrons. The van der Waals surface area contributed by atoms with E-state index in [9.17, 15) is 9.59 Å². The Balaban J connectivity index is 2.11. The van der Waals surface area contributed by atoms with Crippen LogP contribution in [0.15, 0.2) is 33.8 Å². The molecule has 0 spiro atoms. The summed E-state index contributed by atoms with van der Waals surface area (Å²) in [7, 11) is 0. The Bertz CT molecular complexity index is 965. The molecule has 0 bridgehead atoms. The van der Waals surface area contributed by atoms with Crippen molar-refractivity contribution >= 4 is 50.6 Å². The van der Waals surface area contributed by atoms with Crippen molar-refractivity contribution in [2.75, 3.05) is 5.32 Å². The lowest BCUT2D eigenvalue weighted by Gasteiger charge is -2.07. The Kier molecular flexibility index (Phi) is 4.18. The summed E-state index contributed by atoms with van der Waals surface area (Å²) < 4.78 is 2.12. The normalized spacial score (nSPS) is 10.9. The van der Waals surface area contributed by atoms with Crippen LogP contribution in [0.5, 0.6) is 0 Å². The molecule has 0 aliphatic heterocycles. The summed E-state index contributed by atoms with van der Waals surface area (Å²) >= 11 is 9.50.